The summed E-state index contributed by atoms with van der Waals surface area (Å²) in [7, 11) is 1.59. The van der Waals surface area contributed by atoms with Crippen LogP contribution in [-0.2, 0) is 19.1 Å². The van der Waals surface area contributed by atoms with E-state index in [1.165, 1.54) is 0 Å². The van der Waals surface area contributed by atoms with Gasteiger partial charge in [0.25, 0.3) is 0 Å². The topological polar surface area (TPSA) is 64.6 Å². The van der Waals surface area contributed by atoms with Gasteiger partial charge in [-0.3, -0.25) is 9.59 Å². The van der Waals surface area contributed by atoms with Gasteiger partial charge < -0.3 is 14.8 Å². The molecule has 5 nitrogen and oxygen atoms in total. The van der Waals surface area contributed by atoms with E-state index in [-0.39, 0.29) is 30.8 Å². The van der Waals surface area contributed by atoms with Gasteiger partial charge in [0.15, 0.2) is 0 Å². The van der Waals surface area contributed by atoms with Gasteiger partial charge in [-0.05, 0) is 13.3 Å². The number of nitrogens with one attached hydrogen (secondary N) is 1. The highest BCUT2D eigenvalue weighted by Crippen LogP contribution is 1.96. The molecule has 0 aromatic rings. The molecule has 1 amide bonds. The van der Waals surface area contributed by atoms with Crippen LogP contribution in [0.25, 0.3) is 0 Å². The number of hydrogen-bond acceptors (Lipinski definition) is 4. The van der Waals surface area contributed by atoms with Gasteiger partial charge in [-0.1, -0.05) is 6.92 Å². The predicted octanol–water partition coefficient (Wildman–Crippen LogP) is 0.871. The van der Waals surface area contributed by atoms with Crippen LogP contribution in [-0.4, -0.2) is 38.2 Å². The number of ether oxygens (including phenoxy) is 2. The lowest BCUT2D eigenvalue weighted by atomic mass is 10.2. The first-order valence-corrected chi connectivity index (χ1v) is 5.57. The van der Waals surface area contributed by atoms with Crippen molar-refractivity contribution >= 4 is 11.9 Å². The highest BCUT2D eigenvalue weighted by atomic mass is 16.5. The average Bonchev–Trinajstić information content (AvgIpc) is 2.26. The van der Waals surface area contributed by atoms with Crippen LogP contribution in [0.2, 0.25) is 0 Å². The Balaban J connectivity index is 3.75. The van der Waals surface area contributed by atoms with E-state index in [0.29, 0.717) is 13.2 Å². The molecular weight excluding hydrogens is 210 g/mol. The van der Waals surface area contributed by atoms with Crippen molar-refractivity contribution < 1.29 is 19.1 Å². The molecule has 5 heteroatoms. The minimum atomic E-state index is -0.336. The third-order valence-electron chi connectivity index (χ3n) is 2.09. The molecule has 0 bridgehead atoms. The number of carbonyl (C=O) groups is 2. The molecule has 0 spiro atoms. The van der Waals surface area contributed by atoms with Gasteiger partial charge in [0.1, 0.15) is 0 Å². The Morgan fingerprint density at radius 2 is 1.94 bits per heavy atom. The third kappa shape index (κ3) is 7.23. The van der Waals surface area contributed by atoms with Crippen molar-refractivity contribution in [1.82, 2.24) is 5.32 Å². The van der Waals surface area contributed by atoms with Gasteiger partial charge in [0.2, 0.25) is 5.91 Å². The summed E-state index contributed by atoms with van der Waals surface area (Å²) in [5.41, 5.74) is 0. The van der Waals surface area contributed by atoms with E-state index in [1.807, 2.05) is 6.92 Å². The quantitative estimate of drug-likeness (QED) is 0.630. The standard InChI is InChI=1S/C11H21NO4/c1-4-9(8-15-3)12-10(13)6-7-11(14)16-5-2/h9H,4-8H2,1-3H3,(H,12,13). The molecule has 0 saturated carbocycles. The van der Waals surface area contributed by atoms with Crippen molar-refractivity contribution in [2.45, 2.75) is 39.2 Å². The first-order valence-electron chi connectivity index (χ1n) is 5.57. The van der Waals surface area contributed by atoms with Crippen LogP contribution in [0.5, 0.6) is 0 Å². The van der Waals surface area contributed by atoms with Gasteiger partial charge in [-0.2, -0.15) is 0 Å². The molecule has 1 N–H and O–H groups in total. The zero-order valence-electron chi connectivity index (χ0n) is 10.2. The predicted molar refractivity (Wildman–Crippen MR) is 60.0 cm³/mol. The SMILES string of the molecule is CCOC(=O)CCC(=O)NC(CC)COC. The fourth-order valence-electron chi connectivity index (χ4n) is 1.21. The van der Waals surface area contributed by atoms with E-state index in [1.54, 1.807) is 14.0 Å². The summed E-state index contributed by atoms with van der Waals surface area (Å²) in [5.74, 6) is -0.477. The second kappa shape index (κ2) is 9.15. The van der Waals surface area contributed by atoms with Crippen LogP contribution in [0, 0.1) is 0 Å². The summed E-state index contributed by atoms with van der Waals surface area (Å²) in [6.45, 7) is 4.54. The molecule has 94 valence electrons. The maximum absolute atomic E-state index is 11.4. The number of carbonyl (C=O) groups excluding carboxylic acids is 2. The van der Waals surface area contributed by atoms with Crippen LogP contribution in [0.3, 0.4) is 0 Å². The summed E-state index contributed by atoms with van der Waals surface area (Å²) >= 11 is 0. The number of amides is 1. The van der Waals surface area contributed by atoms with Crippen molar-refractivity contribution in [3.63, 3.8) is 0 Å². The van der Waals surface area contributed by atoms with Crippen molar-refractivity contribution in [3.05, 3.63) is 0 Å². The zero-order chi connectivity index (χ0) is 12.4. The first-order chi connectivity index (χ1) is 7.63. The fourth-order valence-corrected chi connectivity index (χ4v) is 1.21. The number of esters is 1. The molecule has 0 aromatic heterocycles. The lowest BCUT2D eigenvalue weighted by Gasteiger charge is -2.15. The molecule has 0 radical (unpaired) electrons. The van der Waals surface area contributed by atoms with Crippen molar-refractivity contribution in [2.75, 3.05) is 20.3 Å². The molecule has 0 aliphatic heterocycles. The normalized spacial score (nSPS) is 11.9. The molecule has 0 aliphatic rings. The fraction of sp³-hybridized carbons (Fsp3) is 0.818. The Bertz CT molecular complexity index is 218. The zero-order valence-corrected chi connectivity index (χ0v) is 10.2. The first kappa shape index (κ1) is 14.9. The Morgan fingerprint density at radius 3 is 2.44 bits per heavy atom. The lowest BCUT2D eigenvalue weighted by molar-refractivity contribution is -0.144. The van der Waals surface area contributed by atoms with Gasteiger partial charge in [-0.25, -0.2) is 0 Å². The monoisotopic (exact) mass is 231 g/mol. The maximum atomic E-state index is 11.4. The molecular formula is C11H21NO4. The number of methoxy groups -OCH3 is 1. The summed E-state index contributed by atoms with van der Waals surface area (Å²) < 4.78 is 9.68. The highest BCUT2D eigenvalue weighted by molar-refractivity contribution is 5.81. The van der Waals surface area contributed by atoms with Crippen LogP contribution in [0.1, 0.15) is 33.1 Å². The minimum Gasteiger partial charge on any atom is -0.466 e. The molecule has 1 unspecified atom stereocenters. The molecule has 0 fully saturated rings. The Hall–Kier alpha value is -1.10. The number of rotatable bonds is 8. The van der Waals surface area contributed by atoms with E-state index in [9.17, 15) is 9.59 Å². The lowest BCUT2D eigenvalue weighted by Crippen LogP contribution is -2.37. The summed E-state index contributed by atoms with van der Waals surface area (Å²) in [5, 5.41) is 2.79. The molecule has 0 saturated heterocycles. The summed E-state index contributed by atoms with van der Waals surface area (Å²) in [6, 6.07) is 0.0136. The molecule has 1 atom stereocenters. The van der Waals surface area contributed by atoms with Gasteiger partial charge in [-0.15, -0.1) is 0 Å². The van der Waals surface area contributed by atoms with Crippen LogP contribution in [0.4, 0.5) is 0 Å². The minimum absolute atomic E-state index is 0.0136. The smallest absolute Gasteiger partial charge is 0.306 e. The van der Waals surface area contributed by atoms with E-state index >= 15 is 0 Å². The molecule has 0 rings (SSSR count). The van der Waals surface area contributed by atoms with Gasteiger partial charge >= 0.3 is 5.97 Å². The Labute approximate surface area is 96.5 Å². The van der Waals surface area contributed by atoms with E-state index in [4.69, 9.17) is 9.47 Å². The molecule has 0 heterocycles. The number of hydrogen-bond donors (Lipinski definition) is 1. The molecule has 16 heavy (non-hydrogen) atoms. The Morgan fingerprint density at radius 1 is 1.25 bits per heavy atom. The van der Waals surface area contributed by atoms with Crippen LogP contribution in [0.15, 0.2) is 0 Å². The van der Waals surface area contributed by atoms with Crippen molar-refractivity contribution in [1.29, 1.82) is 0 Å². The maximum Gasteiger partial charge on any atom is 0.306 e. The van der Waals surface area contributed by atoms with Crippen molar-refractivity contribution in [2.24, 2.45) is 0 Å². The second-order valence-electron chi connectivity index (χ2n) is 3.43. The highest BCUT2D eigenvalue weighted by Gasteiger charge is 2.11. The largest absolute Gasteiger partial charge is 0.466 e. The molecule has 0 aromatic carbocycles. The summed E-state index contributed by atoms with van der Waals surface area (Å²) in [4.78, 5) is 22.4. The Kier molecular flexibility index (Phi) is 8.52. The van der Waals surface area contributed by atoms with E-state index in [2.05, 4.69) is 5.32 Å². The van der Waals surface area contributed by atoms with Crippen LogP contribution >= 0.6 is 0 Å². The molecule has 0 aliphatic carbocycles. The second-order valence-corrected chi connectivity index (χ2v) is 3.43. The van der Waals surface area contributed by atoms with E-state index < -0.39 is 0 Å². The van der Waals surface area contributed by atoms with Gasteiger partial charge in [0, 0.05) is 13.5 Å². The van der Waals surface area contributed by atoms with E-state index in [0.717, 1.165) is 6.42 Å². The summed E-state index contributed by atoms with van der Waals surface area (Å²) in [6.07, 6.45) is 1.10. The van der Waals surface area contributed by atoms with Crippen LogP contribution < -0.4 is 5.32 Å². The van der Waals surface area contributed by atoms with Gasteiger partial charge in [0.05, 0.1) is 25.7 Å². The third-order valence-corrected chi connectivity index (χ3v) is 2.09. The average molecular weight is 231 g/mol. The van der Waals surface area contributed by atoms with Crippen molar-refractivity contribution in [3.8, 4) is 0 Å².